The molecule has 2 N–H and O–H groups in total. The van der Waals surface area contributed by atoms with Crippen LogP contribution in [0.3, 0.4) is 0 Å². The molecular formula is C28H33NO6. The third kappa shape index (κ3) is 3.71. The predicted molar refractivity (Wildman–Crippen MR) is 128 cm³/mol. The lowest BCUT2D eigenvalue weighted by Crippen LogP contribution is -2.61. The van der Waals surface area contributed by atoms with Gasteiger partial charge in [0.2, 0.25) is 5.60 Å². The first-order valence-corrected chi connectivity index (χ1v) is 12.4. The van der Waals surface area contributed by atoms with E-state index in [1.165, 1.54) is 0 Å². The van der Waals surface area contributed by atoms with Gasteiger partial charge in [0.25, 0.3) is 5.91 Å². The smallest absolute Gasteiger partial charge is 0.310 e. The van der Waals surface area contributed by atoms with Gasteiger partial charge >= 0.3 is 5.97 Å². The van der Waals surface area contributed by atoms with E-state index in [0.29, 0.717) is 18.4 Å². The van der Waals surface area contributed by atoms with Crippen LogP contribution in [0.15, 0.2) is 48.1 Å². The molecule has 1 aromatic carbocycles. The highest BCUT2D eigenvalue weighted by atomic mass is 16.6. The Hall–Kier alpha value is -2.93. The van der Waals surface area contributed by atoms with E-state index in [0.717, 1.165) is 5.56 Å². The van der Waals surface area contributed by atoms with Crippen molar-refractivity contribution in [3.8, 4) is 5.75 Å². The van der Waals surface area contributed by atoms with Gasteiger partial charge in [-0.2, -0.15) is 0 Å². The number of epoxide rings is 1. The van der Waals surface area contributed by atoms with E-state index in [4.69, 9.17) is 9.47 Å². The zero-order chi connectivity index (χ0) is 25.1. The number of hydrogen-bond acceptors (Lipinski definition) is 6. The Labute approximate surface area is 205 Å². The maximum atomic E-state index is 13.8. The molecule has 0 aromatic heterocycles. The fourth-order valence-electron chi connectivity index (χ4n) is 6.51. The minimum atomic E-state index is -1.39. The molecule has 3 heterocycles. The summed E-state index contributed by atoms with van der Waals surface area (Å²) in [6.45, 7) is 7.73. The van der Waals surface area contributed by atoms with E-state index < -0.39 is 23.1 Å². The minimum absolute atomic E-state index is 0.00737. The molecule has 1 aliphatic carbocycles. The zero-order valence-electron chi connectivity index (χ0n) is 20.6. The van der Waals surface area contributed by atoms with Crippen molar-refractivity contribution in [1.29, 1.82) is 0 Å². The summed E-state index contributed by atoms with van der Waals surface area (Å²) >= 11 is 0. The summed E-state index contributed by atoms with van der Waals surface area (Å²) in [5.74, 6) is -1.65. The Balaban J connectivity index is 1.57. The number of Topliss-reactive ketones (excluding diaryl/α,β-unsaturated/α-hetero) is 1. The normalized spacial score (nSPS) is 40.8. The van der Waals surface area contributed by atoms with Gasteiger partial charge in [0.15, 0.2) is 5.78 Å². The second kappa shape index (κ2) is 8.33. The second-order valence-corrected chi connectivity index (χ2v) is 10.8. The molecule has 1 spiro atoms. The van der Waals surface area contributed by atoms with Crippen LogP contribution in [0, 0.1) is 23.7 Å². The van der Waals surface area contributed by atoms with E-state index in [9.17, 15) is 19.5 Å². The topological polar surface area (TPSA) is 105 Å². The molecule has 186 valence electrons. The van der Waals surface area contributed by atoms with Crippen molar-refractivity contribution >= 4 is 17.7 Å². The van der Waals surface area contributed by atoms with Crippen LogP contribution in [-0.2, 0) is 30.3 Å². The molecule has 1 saturated carbocycles. The van der Waals surface area contributed by atoms with Crippen LogP contribution in [0.4, 0.5) is 0 Å². The summed E-state index contributed by atoms with van der Waals surface area (Å²) in [6.07, 6.45) is 6.25. The monoisotopic (exact) mass is 479 g/mol. The molecule has 8 unspecified atom stereocenters. The van der Waals surface area contributed by atoms with Crippen molar-refractivity contribution in [2.24, 2.45) is 23.7 Å². The molecule has 1 aromatic rings. The Morgan fingerprint density at radius 1 is 1.14 bits per heavy atom. The van der Waals surface area contributed by atoms with E-state index >= 15 is 0 Å². The molecule has 4 aliphatic rings. The van der Waals surface area contributed by atoms with Crippen LogP contribution < -0.4 is 5.32 Å². The highest BCUT2D eigenvalue weighted by molar-refractivity contribution is 5.97. The predicted octanol–water partition coefficient (Wildman–Crippen LogP) is 3.26. The largest absolute Gasteiger partial charge is 0.508 e. The highest BCUT2D eigenvalue weighted by Crippen LogP contribution is 2.63. The van der Waals surface area contributed by atoms with Crippen LogP contribution in [0.25, 0.3) is 0 Å². The number of carbonyl (C=O) groups is 3. The van der Waals surface area contributed by atoms with E-state index in [2.05, 4.69) is 19.2 Å². The maximum absolute atomic E-state index is 13.8. The van der Waals surface area contributed by atoms with Gasteiger partial charge in [0.1, 0.15) is 5.75 Å². The van der Waals surface area contributed by atoms with Gasteiger partial charge in [-0.25, -0.2) is 0 Å². The molecule has 3 fully saturated rings. The van der Waals surface area contributed by atoms with Crippen molar-refractivity contribution in [2.75, 3.05) is 0 Å². The number of phenolic OH excluding ortho intramolecular Hbond substituents is 1. The summed E-state index contributed by atoms with van der Waals surface area (Å²) in [5, 5.41) is 12.8. The number of hydrogen-bond donors (Lipinski definition) is 2. The molecule has 2 saturated heterocycles. The first kappa shape index (κ1) is 23.8. The molecule has 35 heavy (non-hydrogen) atoms. The fourth-order valence-corrected chi connectivity index (χ4v) is 6.51. The number of fused-ring (bicyclic) bond motifs is 2. The zero-order valence-corrected chi connectivity index (χ0v) is 20.6. The van der Waals surface area contributed by atoms with Crippen LogP contribution in [0.2, 0.25) is 0 Å². The maximum Gasteiger partial charge on any atom is 0.310 e. The molecule has 0 radical (unpaired) electrons. The average Bonchev–Trinajstić information content (AvgIpc) is 3.44. The first-order valence-electron chi connectivity index (χ1n) is 12.4. The molecule has 7 heteroatoms. The van der Waals surface area contributed by atoms with Gasteiger partial charge in [-0.15, -0.1) is 0 Å². The molecule has 3 aliphatic heterocycles. The van der Waals surface area contributed by atoms with Crippen LogP contribution in [0.5, 0.6) is 5.75 Å². The second-order valence-electron chi connectivity index (χ2n) is 10.8. The lowest BCUT2D eigenvalue weighted by molar-refractivity contribution is -0.181. The van der Waals surface area contributed by atoms with Crippen molar-refractivity contribution in [2.45, 2.75) is 70.3 Å². The van der Waals surface area contributed by atoms with Gasteiger partial charge in [0.05, 0.1) is 24.0 Å². The Morgan fingerprint density at radius 2 is 1.86 bits per heavy atom. The Morgan fingerprint density at radius 3 is 2.57 bits per heavy atom. The Kier molecular flexibility index (Phi) is 5.66. The van der Waals surface area contributed by atoms with Crippen LogP contribution in [0.1, 0.15) is 46.1 Å². The van der Waals surface area contributed by atoms with Crippen molar-refractivity contribution in [3.05, 3.63) is 53.6 Å². The summed E-state index contributed by atoms with van der Waals surface area (Å²) in [6, 6.07) is 6.68. The lowest BCUT2D eigenvalue weighted by Gasteiger charge is -2.46. The molecule has 1 amide bonds. The molecular weight excluding hydrogens is 446 g/mol. The third-order valence-electron chi connectivity index (χ3n) is 8.67. The number of ketones is 1. The number of rotatable bonds is 2. The number of ether oxygens (including phenoxy) is 2. The molecule has 7 nitrogen and oxygen atoms in total. The van der Waals surface area contributed by atoms with Crippen molar-refractivity contribution in [1.82, 2.24) is 5.32 Å². The number of amides is 1. The van der Waals surface area contributed by atoms with Gasteiger partial charge in [-0.3, -0.25) is 14.4 Å². The highest BCUT2D eigenvalue weighted by Gasteiger charge is 2.78. The fraction of sp³-hybridized carbons (Fsp3) is 0.536. The van der Waals surface area contributed by atoms with Gasteiger partial charge in [0, 0.05) is 17.9 Å². The molecule has 0 bridgehead atoms. The number of nitrogens with one attached hydrogen (secondary N) is 1. The number of allylic oxidation sites excluding steroid dienone is 2. The van der Waals surface area contributed by atoms with E-state index in [1.807, 2.05) is 31.2 Å². The molecule has 8 atom stereocenters. The van der Waals surface area contributed by atoms with Gasteiger partial charge in [-0.05, 0) is 55.9 Å². The quantitative estimate of drug-likeness (QED) is 0.383. The number of carbonyl (C=O) groups excluding carboxylic acids is 3. The summed E-state index contributed by atoms with van der Waals surface area (Å²) in [5.41, 5.74) is -0.308. The Bertz CT molecular complexity index is 1120. The number of aromatic hydroxyl groups is 1. The summed E-state index contributed by atoms with van der Waals surface area (Å²) in [4.78, 5) is 39.5. The standard InChI is InChI=1S/C28H33NO6/c1-15-6-5-7-20-25-27(4,35-25)17(3)23-21(14-18-9-11-19(30)12-10-18)29-26(33)28(20,23)34-22(31)13-8-16(2)24(15)32/h5,7-12,15,17,20-21,23,25,30H,6,13-14H2,1-4H3,(H,29,33). The van der Waals surface area contributed by atoms with E-state index in [-0.39, 0.29) is 53.8 Å². The van der Waals surface area contributed by atoms with E-state index in [1.54, 1.807) is 25.1 Å². The van der Waals surface area contributed by atoms with Crippen LogP contribution in [-0.4, -0.2) is 46.1 Å². The first-order chi connectivity index (χ1) is 16.6. The summed E-state index contributed by atoms with van der Waals surface area (Å²) < 4.78 is 12.4. The third-order valence-corrected chi connectivity index (χ3v) is 8.67. The van der Waals surface area contributed by atoms with Gasteiger partial charge in [-0.1, -0.05) is 44.2 Å². The summed E-state index contributed by atoms with van der Waals surface area (Å²) in [7, 11) is 0. The average molecular weight is 480 g/mol. The SMILES string of the molecule is CC1=CCC(=O)OC23C(=O)NC(Cc4ccc(O)cc4)C2C(C)C2(C)OC2C3C=CCC(C)C1=O. The molecule has 5 rings (SSSR count). The number of benzene rings is 1. The lowest BCUT2D eigenvalue weighted by atomic mass is 9.59. The van der Waals surface area contributed by atoms with Gasteiger partial charge < -0.3 is 19.9 Å². The number of phenols is 1. The minimum Gasteiger partial charge on any atom is -0.508 e. The van der Waals surface area contributed by atoms with Crippen molar-refractivity contribution < 1.29 is 29.0 Å². The van der Waals surface area contributed by atoms with Crippen molar-refractivity contribution in [3.63, 3.8) is 0 Å². The number of esters is 1. The van der Waals surface area contributed by atoms with Crippen LogP contribution >= 0.6 is 0 Å².